The fraction of sp³-hybridized carbons (Fsp3) is 0.0714. The molecule has 3 nitrogen and oxygen atoms in total. The maximum atomic E-state index is 11.3. The first-order valence-electron chi connectivity index (χ1n) is 5.17. The van der Waals surface area contributed by atoms with Gasteiger partial charge >= 0.3 is 5.97 Å². The van der Waals surface area contributed by atoms with Crippen LogP contribution in [0.3, 0.4) is 0 Å². The average Bonchev–Trinajstić information content (AvgIpc) is 2.30. The molecule has 0 fully saturated rings. The number of esters is 1. The van der Waals surface area contributed by atoms with Gasteiger partial charge in [0.2, 0.25) is 0 Å². The van der Waals surface area contributed by atoms with Crippen molar-refractivity contribution in [2.75, 3.05) is 0 Å². The van der Waals surface area contributed by atoms with E-state index < -0.39 is 5.97 Å². The first-order chi connectivity index (χ1) is 8.08. The third-order valence-corrected chi connectivity index (χ3v) is 2.39. The van der Waals surface area contributed by atoms with Gasteiger partial charge in [-0.15, -0.1) is 0 Å². The number of aromatic hydroxyl groups is 1. The maximum Gasteiger partial charge on any atom is 0.338 e. The summed E-state index contributed by atoms with van der Waals surface area (Å²) in [6.45, 7) is 5.09. The van der Waals surface area contributed by atoms with Crippen molar-refractivity contribution < 1.29 is 14.6 Å². The summed E-state index contributed by atoms with van der Waals surface area (Å²) in [5.74, 6) is 0.0856. The summed E-state index contributed by atoms with van der Waals surface area (Å²) in [7, 11) is 0. The van der Waals surface area contributed by atoms with Crippen molar-refractivity contribution in [1.82, 2.24) is 0 Å². The predicted molar refractivity (Wildman–Crippen MR) is 66.1 cm³/mol. The second-order valence-corrected chi connectivity index (χ2v) is 3.83. The van der Waals surface area contributed by atoms with E-state index in [0.717, 1.165) is 5.39 Å². The molecule has 0 unspecified atom stereocenters. The van der Waals surface area contributed by atoms with Gasteiger partial charge in [0.05, 0.1) is 0 Å². The minimum atomic E-state index is -0.472. The molecule has 0 aliphatic carbocycles. The van der Waals surface area contributed by atoms with E-state index in [1.807, 2.05) is 6.07 Å². The van der Waals surface area contributed by atoms with Crippen LogP contribution in [0.2, 0.25) is 0 Å². The topological polar surface area (TPSA) is 46.5 Å². The lowest BCUT2D eigenvalue weighted by atomic mass is 10.1. The Hall–Kier alpha value is -2.29. The zero-order chi connectivity index (χ0) is 12.4. The number of phenolic OH excluding ortho intramolecular Hbond substituents is 1. The molecule has 0 aromatic heterocycles. The number of benzene rings is 2. The minimum Gasteiger partial charge on any atom is -0.507 e. The van der Waals surface area contributed by atoms with Crippen LogP contribution in [-0.2, 0) is 4.79 Å². The SMILES string of the molecule is C=C(C)C(=O)Oc1ccc2cccc(O)c2c1. The molecule has 0 atom stereocenters. The summed E-state index contributed by atoms with van der Waals surface area (Å²) >= 11 is 0. The van der Waals surface area contributed by atoms with Crippen molar-refractivity contribution in [2.45, 2.75) is 6.92 Å². The Kier molecular flexibility index (Phi) is 2.83. The lowest BCUT2D eigenvalue weighted by Crippen LogP contribution is -2.07. The van der Waals surface area contributed by atoms with Crippen LogP contribution in [0.1, 0.15) is 6.92 Å². The molecule has 0 radical (unpaired) electrons. The van der Waals surface area contributed by atoms with Gasteiger partial charge in [0.15, 0.2) is 0 Å². The Morgan fingerprint density at radius 3 is 2.76 bits per heavy atom. The van der Waals surface area contributed by atoms with Crippen molar-refractivity contribution in [2.24, 2.45) is 0 Å². The molecule has 0 heterocycles. The fourth-order valence-corrected chi connectivity index (χ4v) is 1.49. The number of ether oxygens (including phenoxy) is 1. The summed E-state index contributed by atoms with van der Waals surface area (Å²) in [5.41, 5.74) is 0.336. The van der Waals surface area contributed by atoms with E-state index in [-0.39, 0.29) is 5.75 Å². The van der Waals surface area contributed by atoms with E-state index in [1.54, 1.807) is 37.3 Å². The molecular weight excluding hydrogens is 216 g/mol. The highest BCUT2D eigenvalue weighted by atomic mass is 16.5. The number of phenols is 1. The quantitative estimate of drug-likeness (QED) is 0.488. The third-order valence-electron chi connectivity index (χ3n) is 2.39. The molecule has 2 aromatic carbocycles. The van der Waals surface area contributed by atoms with Crippen molar-refractivity contribution in [3.63, 3.8) is 0 Å². The fourth-order valence-electron chi connectivity index (χ4n) is 1.49. The molecule has 0 aliphatic rings. The Labute approximate surface area is 99.0 Å². The van der Waals surface area contributed by atoms with Gasteiger partial charge in [-0.05, 0) is 30.5 Å². The average molecular weight is 228 g/mol. The van der Waals surface area contributed by atoms with Crippen LogP contribution in [0.15, 0.2) is 48.6 Å². The molecule has 2 aromatic rings. The number of hydrogen-bond acceptors (Lipinski definition) is 3. The Balaban J connectivity index is 2.41. The van der Waals surface area contributed by atoms with E-state index in [0.29, 0.717) is 16.7 Å². The minimum absolute atomic E-state index is 0.163. The highest BCUT2D eigenvalue weighted by Crippen LogP contribution is 2.28. The smallest absolute Gasteiger partial charge is 0.338 e. The van der Waals surface area contributed by atoms with Gasteiger partial charge in [0, 0.05) is 11.0 Å². The first-order valence-corrected chi connectivity index (χ1v) is 5.17. The van der Waals surface area contributed by atoms with Gasteiger partial charge in [-0.25, -0.2) is 4.79 Å². The molecule has 2 rings (SSSR count). The molecule has 3 heteroatoms. The summed E-state index contributed by atoms with van der Waals surface area (Å²) in [6, 6.07) is 10.3. The van der Waals surface area contributed by atoms with Gasteiger partial charge in [0.25, 0.3) is 0 Å². The summed E-state index contributed by atoms with van der Waals surface area (Å²) in [6.07, 6.45) is 0. The van der Waals surface area contributed by atoms with E-state index >= 15 is 0 Å². The molecule has 86 valence electrons. The van der Waals surface area contributed by atoms with Crippen molar-refractivity contribution in [1.29, 1.82) is 0 Å². The molecule has 0 bridgehead atoms. The van der Waals surface area contributed by atoms with Gasteiger partial charge in [0.1, 0.15) is 11.5 Å². The summed E-state index contributed by atoms with van der Waals surface area (Å²) < 4.78 is 5.09. The molecule has 0 aliphatic heterocycles. The number of carbonyl (C=O) groups is 1. The predicted octanol–water partition coefficient (Wildman–Crippen LogP) is 3.03. The van der Waals surface area contributed by atoms with Crippen LogP contribution in [0.4, 0.5) is 0 Å². The number of rotatable bonds is 2. The van der Waals surface area contributed by atoms with E-state index in [1.165, 1.54) is 0 Å². The maximum absolute atomic E-state index is 11.3. The first kappa shape index (κ1) is 11.2. The lowest BCUT2D eigenvalue weighted by molar-refractivity contribution is -0.130. The largest absolute Gasteiger partial charge is 0.507 e. The van der Waals surface area contributed by atoms with Gasteiger partial charge in [-0.1, -0.05) is 24.8 Å². The van der Waals surface area contributed by atoms with E-state index in [4.69, 9.17) is 4.74 Å². The summed E-state index contributed by atoms with van der Waals surface area (Å²) in [5, 5.41) is 11.2. The monoisotopic (exact) mass is 228 g/mol. The van der Waals surface area contributed by atoms with Crippen LogP contribution >= 0.6 is 0 Å². The number of hydrogen-bond donors (Lipinski definition) is 1. The standard InChI is InChI=1S/C14H12O3/c1-9(2)14(16)17-11-7-6-10-4-3-5-13(15)12(10)8-11/h3-8,15H,1H2,2H3. The molecule has 17 heavy (non-hydrogen) atoms. The van der Waals surface area contributed by atoms with Crippen LogP contribution in [0.25, 0.3) is 10.8 Å². The second-order valence-electron chi connectivity index (χ2n) is 3.83. The number of fused-ring (bicyclic) bond motifs is 1. The van der Waals surface area contributed by atoms with Crippen LogP contribution < -0.4 is 4.74 Å². The Morgan fingerprint density at radius 1 is 1.29 bits per heavy atom. The molecule has 0 spiro atoms. The Morgan fingerprint density at radius 2 is 2.06 bits per heavy atom. The van der Waals surface area contributed by atoms with Gasteiger partial charge in [-0.2, -0.15) is 0 Å². The zero-order valence-corrected chi connectivity index (χ0v) is 9.43. The second kappa shape index (κ2) is 4.29. The molecule has 1 N–H and O–H groups in total. The van der Waals surface area contributed by atoms with Crippen molar-refractivity contribution in [3.8, 4) is 11.5 Å². The van der Waals surface area contributed by atoms with Crippen molar-refractivity contribution in [3.05, 3.63) is 48.6 Å². The highest BCUT2D eigenvalue weighted by Gasteiger charge is 2.07. The van der Waals surface area contributed by atoms with Crippen LogP contribution in [0.5, 0.6) is 11.5 Å². The molecule has 0 saturated carbocycles. The van der Waals surface area contributed by atoms with Crippen LogP contribution in [-0.4, -0.2) is 11.1 Å². The highest BCUT2D eigenvalue weighted by molar-refractivity contribution is 5.92. The molecule has 0 amide bonds. The van der Waals surface area contributed by atoms with Gasteiger partial charge in [-0.3, -0.25) is 0 Å². The van der Waals surface area contributed by atoms with Gasteiger partial charge < -0.3 is 9.84 Å². The Bertz CT molecular complexity index is 599. The third kappa shape index (κ3) is 2.28. The van der Waals surface area contributed by atoms with E-state index in [9.17, 15) is 9.90 Å². The molecular formula is C14H12O3. The van der Waals surface area contributed by atoms with Crippen LogP contribution in [0, 0.1) is 0 Å². The summed E-state index contributed by atoms with van der Waals surface area (Å²) in [4.78, 5) is 11.3. The lowest BCUT2D eigenvalue weighted by Gasteiger charge is -2.06. The number of carbonyl (C=O) groups excluding carboxylic acids is 1. The zero-order valence-electron chi connectivity index (χ0n) is 9.43. The van der Waals surface area contributed by atoms with Crippen molar-refractivity contribution >= 4 is 16.7 Å². The molecule has 0 saturated heterocycles. The van der Waals surface area contributed by atoms with E-state index in [2.05, 4.69) is 6.58 Å². The normalized spacial score (nSPS) is 10.2.